The van der Waals surface area contributed by atoms with Gasteiger partial charge in [-0.1, -0.05) is 24.3 Å². The first-order chi connectivity index (χ1) is 13.9. The van der Waals surface area contributed by atoms with Gasteiger partial charge in [0.25, 0.3) is 0 Å². The smallest absolute Gasteiger partial charge is 0.312 e. The molecule has 0 bridgehead atoms. The molecule has 1 saturated heterocycles. The summed E-state index contributed by atoms with van der Waals surface area (Å²) in [4.78, 5) is 40.2. The Kier molecular flexibility index (Phi) is 6.16. The minimum atomic E-state index is -0.665. The van der Waals surface area contributed by atoms with Crippen molar-refractivity contribution in [2.45, 2.75) is 20.4 Å². The number of hydrogen-bond acceptors (Lipinski definition) is 4. The Balaban J connectivity index is 1.60. The summed E-state index contributed by atoms with van der Waals surface area (Å²) in [6.45, 7) is 4.70. The average Bonchev–Trinajstić information content (AvgIpc) is 2.67. The second-order valence-corrected chi connectivity index (χ2v) is 7.19. The predicted octanol–water partition coefficient (Wildman–Crippen LogP) is 2.12. The largest absolute Gasteiger partial charge is 0.496 e. The Morgan fingerprint density at radius 3 is 2.31 bits per heavy atom. The van der Waals surface area contributed by atoms with Crippen molar-refractivity contribution in [2.24, 2.45) is 0 Å². The van der Waals surface area contributed by atoms with E-state index in [1.165, 1.54) is 9.80 Å². The maximum atomic E-state index is 12.5. The summed E-state index contributed by atoms with van der Waals surface area (Å²) in [7, 11) is 1.57. The molecule has 0 aromatic heterocycles. The van der Waals surface area contributed by atoms with Crippen LogP contribution in [0.2, 0.25) is 0 Å². The van der Waals surface area contributed by atoms with Crippen LogP contribution < -0.4 is 10.1 Å². The van der Waals surface area contributed by atoms with Crippen molar-refractivity contribution in [1.82, 2.24) is 9.80 Å². The normalized spacial score (nSPS) is 14.2. The van der Waals surface area contributed by atoms with Gasteiger partial charge in [0, 0.05) is 30.9 Å². The second kappa shape index (κ2) is 8.77. The van der Waals surface area contributed by atoms with Crippen molar-refractivity contribution in [1.29, 1.82) is 0 Å². The van der Waals surface area contributed by atoms with Crippen molar-refractivity contribution >= 4 is 23.4 Å². The molecule has 0 atom stereocenters. The summed E-state index contributed by atoms with van der Waals surface area (Å²) in [5.74, 6) is -0.930. The predicted molar refractivity (Wildman–Crippen MR) is 110 cm³/mol. The average molecular weight is 395 g/mol. The van der Waals surface area contributed by atoms with Gasteiger partial charge >= 0.3 is 11.8 Å². The van der Waals surface area contributed by atoms with Crippen LogP contribution in [0.15, 0.2) is 42.5 Å². The van der Waals surface area contributed by atoms with Crippen LogP contribution in [0.25, 0.3) is 0 Å². The highest BCUT2D eigenvalue weighted by Crippen LogP contribution is 2.20. The van der Waals surface area contributed by atoms with E-state index in [4.69, 9.17) is 4.74 Å². The van der Waals surface area contributed by atoms with Crippen molar-refractivity contribution in [2.75, 3.05) is 32.1 Å². The number of piperazine rings is 1. The molecule has 2 aromatic rings. The van der Waals surface area contributed by atoms with Crippen LogP contribution in [-0.2, 0) is 20.9 Å². The number of amides is 3. The molecule has 1 aliphatic heterocycles. The van der Waals surface area contributed by atoms with Crippen LogP contribution in [0.1, 0.15) is 16.7 Å². The van der Waals surface area contributed by atoms with Gasteiger partial charge in [-0.15, -0.1) is 0 Å². The zero-order valence-electron chi connectivity index (χ0n) is 16.9. The van der Waals surface area contributed by atoms with Crippen LogP contribution in [0.5, 0.6) is 5.75 Å². The number of nitrogens with zero attached hydrogens (tertiary/aromatic N) is 2. The number of hydrogen-bond donors (Lipinski definition) is 1. The lowest BCUT2D eigenvalue weighted by Crippen LogP contribution is -2.55. The molecular weight excluding hydrogens is 370 g/mol. The maximum absolute atomic E-state index is 12.5. The molecule has 152 valence electrons. The summed E-state index contributed by atoms with van der Waals surface area (Å²) in [6, 6.07) is 13.1. The Labute approximate surface area is 170 Å². The molecule has 1 fully saturated rings. The molecule has 0 spiro atoms. The number of benzene rings is 2. The fourth-order valence-electron chi connectivity index (χ4n) is 3.48. The van der Waals surface area contributed by atoms with Gasteiger partial charge in [-0.05, 0) is 43.2 Å². The van der Waals surface area contributed by atoms with Crippen LogP contribution in [-0.4, -0.2) is 54.3 Å². The highest BCUT2D eigenvalue weighted by Gasteiger charge is 2.33. The molecule has 1 N–H and O–H groups in total. The van der Waals surface area contributed by atoms with E-state index in [2.05, 4.69) is 5.32 Å². The molecule has 0 saturated carbocycles. The molecule has 1 heterocycles. The third-order valence-corrected chi connectivity index (χ3v) is 4.79. The van der Waals surface area contributed by atoms with Gasteiger partial charge in [-0.25, -0.2) is 0 Å². The highest BCUT2D eigenvalue weighted by molar-refractivity contribution is 6.35. The molecule has 0 aliphatic carbocycles. The fraction of sp³-hybridized carbons (Fsp3) is 0.318. The Bertz CT molecular complexity index is 921. The molecule has 29 heavy (non-hydrogen) atoms. The number of carbonyl (C=O) groups is 3. The van der Waals surface area contributed by atoms with E-state index >= 15 is 0 Å². The Morgan fingerprint density at radius 2 is 1.62 bits per heavy atom. The number of nitrogens with one attached hydrogen (secondary N) is 1. The van der Waals surface area contributed by atoms with Gasteiger partial charge in [-0.3, -0.25) is 14.4 Å². The SMILES string of the molecule is COc1ccccc1CN1CCN(CC(=O)Nc2cc(C)cc(C)c2)C(=O)C1=O. The summed E-state index contributed by atoms with van der Waals surface area (Å²) >= 11 is 0. The van der Waals surface area contributed by atoms with Crippen molar-refractivity contribution in [3.05, 3.63) is 59.2 Å². The lowest BCUT2D eigenvalue weighted by Gasteiger charge is -2.33. The first-order valence-electron chi connectivity index (χ1n) is 9.45. The number of methoxy groups -OCH3 is 1. The highest BCUT2D eigenvalue weighted by atomic mass is 16.5. The molecule has 3 amide bonds. The van der Waals surface area contributed by atoms with Gasteiger partial charge in [0.2, 0.25) is 5.91 Å². The summed E-state index contributed by atoms with van der Waals surface area (Å²) in [5.41, 5.74) is 3.59. The van der Waals surface area contributed by atoms with Crippen LogP contribution in [0.4, 0.5) is 5.69 Å². The van der Waals surface area contributed by atoms with Crippen LogP contribution >= 0.6 is 0 Å². The molecule has 0 unspecified atom stereocenters. The minimum Gasteiger partial charge on any atom is -0.496 e. The van der Waals surface area contributed by atoms with E-state index in [9.17, 15) is 14.4 Å². The summed E-state index contributed by atoms with van der Waals surface area (Å²) in [6.07, 6.45) is 0. The summed E-state index contributed by atoms with van der Waals surface area (Å²) < 4.78 is 5.31. The molecule has 1 aliphatic rings. The van der Waals surface area contributed by atoms with E-state index in [1.807, 2.05) is 56.3 Å². The number of aryl methyl sites for hydroxylation is 2. The molecular formula is C22H25N3O4. The molecule has 7 heteroatoms. The Hall–Kier alpha value is -3.35. The van der Waals surface area contributed by atoms with E-state index in [1.54, 1.807) is 7.11 Å². The van der Waals surface area contributed by atoms with E-state index in [-0.39, 0.29) is 19.0 Å². The van der Waals surface area contributed by atoms with Gasteiger partial charge in [0.15, 0.2) is 0 Å². The van der Waals surface area contributed by atoms with Gasteiger partial charge in [-0.2, -0.15) is 0 Å². The fourth-order valence-corrected chi connectivity index (χ4v) is 3.48. The number of para-hydroxylation sites is 1. The van der Waals surface area contributed by atoms with Gasteiger partial charge < -0.3 is 19.9 Å². The molecule has 7 nitrogen and oxygen atoms in total. The molecule has 2 aromatic carbocycles. The van der Waals surface area contributed by atoms with E-state index < -0.39 is 11.8 Å². The Morgan fingerprint density at radius 1 is 1.00 bits per heavy atom. The quantitative estimate of drug-likeness (QED) is 0.760. The van der Waals surface area contributed by atoms with Crippen LogP contribution in [0.3, 0.4) is 0 Å². The van der Waals surface area contributed by atoms with Crippen molar-refractivity contribution < 1.29 is 19.1 Å². The van der Waals surface area contributed by atoms with Crippen molar-refractivity contribution in [3.8, 4) is 5.75 Å². The second-order valence-electron chi connectivity index (χ2n) is 7.19. The maximum Gasteiger partial charge on any atom is 0.312 e. The standard InChI is InChI=1S/C22H25N3O4/c1-15-10-16(2)12-18(11-15)23-20(26)14-25-9-8-24(21(27)22(25)28)13-17-6-4-5-7-19(17)29-3/h4-7,10-12H,8-9,13-14H2,1-3H3,(H,23,26). The third-order valence-electron chi connectivity index (χ3n) is 4.79. The molecule has 0 radical (unpaired) electrons. The first kappa shape index (κ1) is 20.4. The van der Waals surface area contributed by atoms with E-state index in [0.29, 0.717) is 24.5 Å². The number of carbonyl (C=O) groups excluding carboxylic acids is 3. The molecule has 3 rings (SSSR count). The zero-order chi connectivity index (χ0) is 21.0. The van der Waals surface area contributed by atoms with Crippen molar-refractivity contribution in [3.63, 3.8) is 0 Å². The third kappa shape index (κ3) is 4.93. The number of rotatable bonds is 6. The number of anilines is 1. The number of ether oxygens (including phenoxy) is 1. The first-order valence-corrected chi connectivity index (χ1v) is 9.45. The monoisotopic (exact) mass is 395 g/mol. The summed E-state index contributed by atoms with van der Waals surface area (Å²) in [5, 5.41) is 2.80. The van der Waals surface area contributed by atoms with E-state index in [0.717, 1.165) is 16.7 Å². The lowest BCUT2D eigenvalue weighted by atomic mass is 10.1. The topological polar surface area (TPSA) is 79.0 Å². The minimum absolute atomic E-state index is 0.153. The van der Waals surface area contributed by atoms with Gasteiger partial charge in [0.1, 0.15) is 12.3 Å². The van der Waals surface area contributed by atoms with Crippen LogP contribution in [0, 0.1) is 13.8 Å². The lowest BCUT2D eigenvalue weighted by molar-refractivity contribution is -0.157. The van der Waals surface area contributed by atoms with Gasteiger partial charge in [0.05, 0.1) is 7.11 Å². The zero-order valence-corrected chi connectivity index (χ0v) is 16.9.